The standard InChI is InChI=1S/C31H25ClN2O3S/c1-3-22-9-15-28(16-10-22)38(36,37)33-31(35)26-13-12-25-17-21(2)34(30(25)19-26)20-27-14-11-24(18-29(27)32)23-7-5-4-6-8-23/h3-19H,1,20H2,2H3,(H,33,35). The molecule has 0 atom stereocenters. The molecule has 5 aromatic rings. The summed E-state index contributed by atoms with van der Waals surface area (Å²) < 4.78 is 29.8. The van der Waals surface area contributed by atoms with Gasteiger partial charge in [0.05, 0.1) is 4.90 Å². The summed E-state index contributed by atoms with van der Waals surface area (Å²) in [5.74, 6) is -0.699. The van der Waals surface area contributed by atoms with Crippen LogP contribution in [-0.4, -0.2) is 18.9 Å². The van der Waals surface area contributed by atoms with Crippen LogP contribution in [0.3, 0.4) is 0 Å². The SMILES string of the molecule is C=Cc1ccc(S(=O)(=O)NC(=O)c2ccc3cc(C)n(Cc4ccc(-c5ccccc5)cc4Cl)c3c2)cc1. The fourth-order valence-corrected chi connectivity index (χ4v) is 5.64. The van der Waals surface area contributed by atoms with Crippen LogP contribution in [0.2, 0.25) is 5.02 Å². The number of sulfonamides is 1. The Morgan fingerprint density at radius 3 is 2.34 bits per heavy atom. The van der Waals surface area contributed by atoms with Gasteiger partial charge in [-0.2, -0.15) is 0 Å². The summed E-state index contributed by atoms with van der Waals surface area (Å²) in [6.45, 7) is 6.16. The van der Waals surface area contributed by atoms with E-state index in [2.05, 4.69) is 15.9 Å². The highest BCUT2D eigenvalue weighted by Gasteiger charge is 2.20. The summed E-state index contributed by atoms with van der Waals surface area (Å²) in [6, 6.07) is 29.4. The van der Waals surface area contributed by atoms with Gasteiger partial charge in [0.2, 0.25) is 0 Å². The van der Waals surface area contributed by atoms with Gasteiger partial charge in [0.15, 0.2) is 0 Å². The second-order valence-corrected chi connectivity index (χ2v) is 11.1. The predicted octanol–water partition coefficient (Wildman–Crippen LogP) is 7.08. The lowest BCUT2D eigenvalue weighted by atomic mass is 10.0. The Kier molecular flexibility index (Phi) is 6.93. The van der Waals surface area contributed by atoms with E-state index in [0.29, 0.717) is 11.6 Å². The van der Waals surface area contributed by atoms with Crippen LogP contribution in [0.1, 0.15) is 27.2 Å². The molecule has 4 aromatic carbocycles. The van der Waals surface area contributed by atoms with Gasteiger partial charge in [0.1, 0.15) is 0 Å². The first-order chi connectivity index (χ1) is 18.2. The van der Waals surface area contributed by atoms with E-state index >= 15 is 0 Å². The van der Waals surface area contributed by atoms with Crippen LogP contribution in [0.5, 0.6) is 0 Å². The summed E-state index contributed by atoms with van der Waals surface area (Å²) >= 11 is 6.68. The van der Waals surface area contributed by atoms with Gasteiger partial charge in [0.25, 0.3) is 15.9 Å². The van der Waals surface area contributed by atoms with Crippen molar-refractivity contribution in [1.29, 1.82) is 0 Å². The van der Waals surface area contributed by atoms with Crippen LogP contribution in [-0.2, 0) is 16.6 Å². The number of amides is 1. The van der Waals surface area contributed by atoms with Crippen LogP contribution in [0.15, 0.2) is 109 Å². The zero-order chi connectivity index (χ0) is 26.9. The van der Waals surface area contributed by atoms with Gasteiger partial charge in [0, 0.05) is 28.3 Å². The Labute approximate surface area is 227 Å². The molecule has 1 aromatic heterocycles. The van der Waals surface area contributed by atoms with Crippen molar-refractivity contribution in [3.8, 4) is 11.1 Å². The lowest BCUT2D eigenvalue weighted by Crippen LogP contribution is -2.30. The fourth-order valence-electron chi connectivity index (χ4n) is 4.42. The maximum Gasteiger partial charge on any atom is 0.265 e. The molecule has 0 aliphatic rings. The van der Waals surface area contributed by atoms with Gasteiger partial charge in [-0.1, -0.05) is 84.9 Å². The molecule has 190 valence electrons. The average Bonchev–Trinajstić information content (AvgIpc) is 3.24. The number of halogens is 1. The fraction of sp³-hybridized carbons (Fsp3) is 0.0645. The first-order valence-corrected chi connectivity index (χ1v) is 13.8. The highest BCUT2D eigenvalue weighted by molar-refractivity contribution is 7.90. The second kappa shape index (κ2) is 10.3. The third-order valence-corrected chi connectivity index (χ3v) is 8.21. The number of hydrogen-bond donors (Lipinski definition) is 1. The Morgan fingerprint density at radius 1 is 0.921 bits per heavy atom. The van der Waals surface area contributed by atoms with Crippen LogP contribution >= 0.6 is 11.6 Å². The molecule has 0 unspecified atom stereocenters. The molecular weight excluding hydrogens is 516 g/mol. The Bertz CT molecular complexity index is 1770. The van der Waals surface area contributed by atoms with Crippen LogP contribution < -0.4 is 4.72 Å². The largest absolute Gasteiger partial charge is 0.340 e. The molecule has 1 heterocycles. The molecule has 38 heavy (non-hydrogen) atoms. The molecular formula is C31H25ClN2O3S. The smallest absolute Gasteiger partial charge is 0.265 e. The minimum absolute atomic E-state index is 0.00494. The molecule has 0 fully saturated rings. The summed E-state index contributed by atoms with van der Waals surface area (Å²) in [4.78, 5) is 13.0. The number of fused-ring (bicyclic) bond motifs is 1. The summed E-state index contributed by atoms with van der Waals surface area (Å²) in [7, 11) is -4.03. The number of aromatic nitrogens is 1. The number of aryl methyl sites for hydroxylation is 1. The van der Waals surface area contributed by atoms with Crippen molar-refractivity contribution in [2.75, 3.05) is 0 Å². The Balaban J connectivity index is 1.42. The highest BCUT2D eigenvalue weighted by Crippen LogP contribution is 2.29. The quantitative estimate of drug-likeness (QED) is 0.240. The predicted molar refractivity (Wildman–Crippen MR) is 154 cm³/mol. The minimum atomic E-state index is -4.03. The van der Waals surface area contributed by atoms with Gasteiger partial charge in [-0.15, -0.1) is 0 Å². The number of nitrogens with one attached hydrogen (secondary N) is 1. The van der Waals surface area contributed by atoms with E-state index < -0.39 is 15.9 Å². The van der Waals surface area contributed by atoms with Crippen LogP contribution in [0.25, 0.3) is 28.1 Å². The van der Waals surface area contributed by atoms with Crippen molar-refractivity contribution in [3.63, 3.8) is 0 Å². The van der Waals surface area contributed by atoms with Crippen LogP contribution in [0, 0.1) is 6.92 Å². The average molecular weight is 541 g/mol. The number of hydrogen-bond acceptors (Lipinski definition) is 3. The van der Waals surface area contributed by atoms with Crippen LogP contribution in [0.4, 0.5) is 0 Å². The topological polar surface area (TPSA) is 68.2 Å². The number of carbonyl (C=O) groups is 1. The first-order valence-electron chi connectivity index (χ1n) is 12.0. The van der Waals surface area contributed by atoms with Crippen molar-refractivity contribution < 1.29 is 13.2 Å². The lowest BCUT2D eigenvalue weighted by molar-refractivity contribution is 0.0981. The van der Waals surface area contributed by atoms with Crippen molar-refractivity contribution in [1.82, 2.24) is 9.29 Å². The summed E-state index contributed by atoms with van der Waals surface area (Å²) in [5, 5.41) is 1.59. The Hall–Kier alpha value is -4.13. The third kappa shape index (κ3) is 5.14. The number of rotatable bonds is 7. The van der Waals surface area contributed by atoms with Gasteiger partial charge in [-0.25, -0.2) is 13.1 Å². The minimum Gasteiger partial charge on any atom is -0.340 e. The molecule has 0 saturated carbocycles. The molecule has 0 radical (unpaired) electrons. The van der Waals surface area contributed by atoms with Crippen molar-refractivity contribution in [3.05, 3.63) is 131 Å². The van der Waals surface area contributed by atoms with Crippen molar-refractivity contribution >= 4 is 44.5 Å². The maximum absolute atomic E-state index is 13.0. The summed E-state index contributed by atoms with van der Waals surface area (Å²) in [6.07, 6.45) is 1.62. The van der Waals surface area contributed by atoms with Gasteiger partial charge < -0.3 is 4.57 Å². The number of carbonyl (C=O) groups excluding carboxylic acids is 1. The third-order valence-electron chi connectivity index (χ3n) is 6.52. The first kappa shape index (κ1) is 25.5. The number of benzene rings is 4. The maximum atomic E-state index is 13.0. The van der Waals surface area contributed by atoms with E-state index in [1.807, 2.05) is 67.6 Å². The molecule has 0 saturated heterocycles. The zero-order valence-electron chi connectivity index (χ0n) is 20.7. The molecule has 1 N–H and O–H groups in total. The molecule has 5 rings (SSSR count). The molecule has 7 heteroatoms. The second-order valence-electron chi connectivity index (χ2n) is 9.03. The van der Waals surface area contributed by atoms with E-state index in [9.17, 15) is 13.2 Å². The number of nitrogens with zero attached hydrogens (tertiary/aromatic N) is 1. The lowest BCUT2D eigenvalue weighted by Gasteiger charge is -2.13. The van der Waals surface area contributed by atoms with E-state index in [4.69, 9.17) is 11.6 Å². The van der Waals surface area contributed by atoms with Gasteiger partial charge >= 0.3 is 0 Å². The Morgan fingerprint density at radius 2 is 1.66 bits per heavy atom. The molecule has 0 bridgehead atoms. The monoisotopic (exact) mass is 540 g/mol. The molecule has 0 aliphatic carbocycles. The van der Waals surface area contributed by atoms with Crippen molar-refractivity contribution in [2.45, 2.75) is 18.4 Å². The van der Waals surface area contributed by atoms with E-state index in [-0.39, 0.29) is 10.5 Å². The summed E-state index contributed by atoms with van der Waals surface area (Å²) in [5.41, 5.74) is 5.90. The van der Waals surface area contributed by atoms with Gasteiger partial charge in [-0.05, 0) is 71.0 Å². The molecule has 0 aliphatic heterocycles. The zero-order valence-corrected chi connectivity index (χ0v) is 22.3. The molecule has 0 spiro atoms. The van der Waals surface area contributed by atoms with E-state index in [1.54, 1.807) is 30.3 Å². The molecule has 1 amide bonds. The molecule has 5 nitrogen and oxygen atoms in total. The normalized spacial score (nSPS) is 11.4. The van der Waals surface area contributed by atoms with E-state index in [0.717, 1.165) is 38.9 Å². The van der Waals surface area contributed by atoms with E-state index in [1.165, 1.54) is 12.1 Å². The van der Waals surface area contributed by atoms with Gasteiger partial charge in [-0.3, -0.25) is 4.79 Å². The highest BCUT2D eigenvalue weighted by atomic mass is 35.5. The van der Waals surface area contributed by atoms with Crippen molar-refractivity contribution in [2.24, 2.45) is 0 Å².